The third-order valence-electron chi connectivity index (χ3n) is 5.31. The van der Waals surface area contributed by atoms with Crippen molar-refractivity contribution in [2.75, 3.05) is 11.1 Å². The number of nitrogens with zero attached hydrogens (tertiary/aromatic N) is 3. The van der Waals surface area contributed by atoms with E-state index in [-0.39, 0.29) is 24.4 Å². The van der Waals surface area contributed by atoms with E-state index in [9.17, 15) is 9.59 Å². The zero-order valence-electron chi connectivity index (χ0n) is 22.0. The van der Waals surface area contributed by atoms with Crippen molar-refractivity contribution in [1.29, 1.82) is 0 Å². The van der Waals surface area contributed by atoms with E-state index in [2.05, 4.69) is 48.1 Å². The van der Waals surface area contributed by atoms with Crippen LogP contribution in [0.1, 0.15) is 60.9 Å². The van der Waals surface area contributed by atoms with E-state index < -0.39 is 5.97 Å². The second-order valence-corrected chi connectivity index (χ2v) is 10.1. The van der Waals surface area contributed by atoms with E-state index in [0.29, 0.717) is 34.7 Å². The first kappa shape index (κ1) is 28.0. The van der Waals surface area contributed by atoms with E-state index in [1.807, 2.05) is 17.6 Å². The summed E-state index contributed by atoms with van der Waals surface area (Å²) in [5, 5.41) is 12.0. The Hall–Kier alpha value is -3.59. The number of benzene rings is 2. The Kier molecular flexibility index (Phi) is 9.91. The molecule has 3 aromatic rings. The van der Waals surface area contributed by atoms with Crippen LogP contribution in [0.25, 0.3) is 0 Å². The minimum absolute atomic E-state index is 0.117. The maximum atomic E-state index is 12.6. The Morgan fingerprint density at radius 1 is 1.14 bits per heavy atom. The number of hydrogen-bond donors (Lipinski definition) is 1. The lowest BCUT2D eigenvalue weighted by Gasteiger charge is -2.15. The molecule has 1 heterocycles. The topological polar surface area (TPSA) is 95.3 Å². The van der Waals surface area contributed by atoms with E-state index in [1.165, 1.54) is 11.8 Å². The maximum absolute atomic E-state index is 12.6. The van der Waals surface area contributed by atoms with Crippen molar-refractivity contribution in [3.05, 3.63) is 77.6 Å². The highest BCUT2D eigenvalue weighted by Crippen LogP contribution is 2.28. The summed E-state index contributed by atoms with van der Waals surface area (Å²) in [6.45, 7) is 14.4. The standard InChI is InChI=1S/C28H34N4O4S/c1-7-13-32-25(16-35-24-14-20(6)11-12-23(24)18(2)3)30-31-28(32)37-17-26(33)29-22-10-8-9-21(15-22)27(34)36-19(4)5/h7-12,14-15,18-19H,1,13,16-17H2,2-6H3,(H,29,33). The molecule has 0 fully saturated rings. The van der Waals surface area contributed by atoms with Crippen LogP contribution in [0.4, 0.5) is 5.69 Å². The molecular weight excluding hydrogens is 488 g/mol. The summed E-state index contributed by atoms with van der Waals surface area (Å²) in [5.74, 6) is 1.26. The Morgan fingerprint density at radius 2 is 1.92 bits per heavy atom. The zero-order valence-corrected chi connectivity index (χ0v) is 22.8. The number of esters is 1. The molecule has 2 aromatic carbocycles. The predicted octanol–water partition coefficient (Wildman–Crippen LogP) is 5.77. The number of rotatable bonds is 12. The van der Waals surface area contributed by atoms with Gasteiger partial charge in [-0.2, -0.15) is 0 Å². The molecule has 3 rings (SSSR count). The normalized spacial score (nSPS) is 11.0. The number of aromatic nitrogens is 3. The van der Waals surface area contributed by atoms with Crippen LogP contribution in [-0.2, 0) is 22.7 Å². The molecule has 0 aliphatic heterocycles. The van der Waals surface area contributed by atoms with Crippen molar-refractivity contribution in [3.63, 3.8) is 0 Å². The highest BCUT2D eigenvalue weighted by Gasteiger charge is 2.16. The van der Waals surface area contributed by atoms with Gasteiger partial charge in [-0.3, -0.25) is 9.36 Å². The fraction of sp³-hybridized carbons (Fsp3) is 0.357. The van der Waals surface area contributed by atoms with Crippen molar-refractivity contribution in [2.45, 2.75) is 64.9 Å². The molecule has 0 spiro atoms. The van der Waals surface area contributed by atoms with Gasteiger partial charge in [0, 0.05) is 12.2 Å². The van der Waals surface area contributed by atoms with Crippen LogP contribution in [0.2, 0.25) is 0 Å². The first-order valence-corrected chi connectivity index (χ1v) is 13.2. The van der Waals surface area contributed by atoms with Gasteiger partial charge in [0.05, 0.1) is 17.4 Å². The molecule has 0 saturated carbocycles. The van der Waals surface area contributed by atoms with Gasteiger partial charge in [0.2, 0.25) is 5.91 Å². The Morgan fingerprint density at radius 3 is 2.62 bits per heavy atom. The summed E-state index contributed by atoms with van der Waals surface area (Å²) in [6.07, 6.45) is 1.53. The zero-order chi connectivity index (χ0) is 26.9. The second kappa shape index (κ2) is 13.1. The Labute approximate surface area is 222 Å². The quantitative estimate of drug-likeness (QED) is 0.183. The molecule has 1 aromatic heterocycles. The van der Waals surface area contributed by atoms with Crippen LogP contribution in [0.5, 0.6) is 5.75 Å². The molecule has 0 aliphatic rings. The lowest BCUT2D eigenvalue weighted by molar-refractivity contribution is -0.113. The number of amides is 1. The average molecular weight is 523 g/mol. The van der Waals surface area contributed by atoms with E-state index >= 15 is 0 Å². The maximum Gasteiger partial charge on any atom is 0.338 e. The highest BCUT2D eigenvalue weighted by molar-refractivity contribution is 7.99. The number of nitrogens with one attached hydrogen (secondary N) is 1. The summed E-state index contributed by atoms with van der Waals surface area (Å²) in [5.41, 5.74) is 3.15. The van der Waals surface area contributed by atoms with Crippen LogP contribution >= 0.6 is 11.8 Å². The molecule has 0 atom stereocenters. The third-order valence-corrected chi connectivity index (χ3v) is 6.28. The van der Waals surface area contributed by atoms with E-state index in [0.717, 1.165) is 16.9 Å². The number of thioether (sulfide) groups is 1. The SMILES string of the molecule is C=CCn1c(COc2cc(C)ccc2C(C)C)nnc1SCC(=O)Nc1cccc(C(=O)OC(C)C)c1. The molecule has 0 unspecified atom stereocenters. The number of carbonyl (C=O) groups is 2. The van der Waals surface area contributed by atoms with Crippen LogP contribution in [0.3, 0.4) is 0 Å². The van der Waals surface area contributed by atoms with Crippen molar-refractivity contribution in [3.8, 4) is 5.75 Å². The van der Waals surface area contributed by atoms with Gasteiger partial charge in [0.25, 0.3) is 0 Å². The van der Waals surface area contributed by atoms with Gasteiger partial charge in [-0.15, -0.1) is 16.8 Å². The molecule has 0 bridgehead atoms. The second-order valence-electron chi connectivity index (χ2n) is 9.15. The molecule has 0 radical (unpaired) electrons. The Bertz CT molecular complexity index is 1250. The Balaban J connectivity index is 1.64. The van der Waals surface area contributed by atoms with Crippen molar-refractivity contribution >= 4 is 29.3 Å². The predicted molar refractivity (Wildman–Crippen MR) is 146 cm³/mol. The molecule has 0 aliphatic carbocycles. The van der Waals surface area contributed by atoms with Crippen LogP contribution in [0, 0.1) is 6.92 Å². The number of hydrogen-bond acceptors (Lipinski definition) is 7. The van der Waals surface area contributed by atoms with Crippen LogP contribution in [-0.4, -0.2) is 38.5 Å². The molecular formula is C28H34N4O4S. The van der Waals surface area contributed by atoms with Crippen LogP contribution < -0.4 is 10.1 Å². The van der Waals surface area contributed by atoms with Gasteiger partial charge >= 0.3 is 5.97 Å². The lowest BCUT2D eigenvalue weighted by Crippen LogP contribution is -2.16. The van der Waals surface area contributed by atoms with Gasteiger partial charge in [-0.05, 0) is 62.1 Å². The fourth-order valence-electron chi connectivity index (χ4n) is 3.56. The highest BCUT2D eigenvalue weighted by atomic mass is 32.2. The molecule has 196 valence electrons. The summed E-state index contributed by atoms with van der Waals surface area (Å²) < 4.78 is 13.2. The molecule has 8 nitrogen and oxygen atoms in total. The smallest absolute Gasteiger partial charge is 0.338 e. The van der Waals surface area contributed by atoms with E-state index in [1.54, 1.807) is 44.2 Å². The first-order valence-electron chi connectivity index (χ1n) is 12.2. The summed E-state index contributed by atoms with van der Waals surface area (Å²) in [4.78, 5) is 24.8. The average Bonchev–Trinajstić information content (AvgIpc) is 3.22. The first-order chi connectivity index (χ1) is 17.7. The van der Waals surface area contributed by atoms with Crippen molar-refractivity contribution < 1.29 is 19.1 Å². The third kappa shape index (κ3) is 7.95. The molecule has 9 heteroatoms. The fourth-order valence-corrected chi connectivity index (χ4v) is 4.33. The minimum atomic E-state index is -0.432. The van der Waals surface area contributed by atoms with Gasteiger partial charge in [0.1, 0.15) is 12.4 Å². The van der Waals surface area contributed by atoms with Gasteiger partial charge in [-0.1, -0.05) is 49.9 Å². The number of allylic oxidation sites excluding steroid dienone is 1. The van der Waals surface area contributed by atoms with Gasteiger partial charge < -0.3 is 14.8 Å². The number of aryl methyl sites for hydroxylation is 1. The molecule has 1 N–H and O–H groups in total. The monoisotopic (exact) mass is 522 g/mol. The van der Waals surface area contributed by atoms with Crippen LogP contribution in [0.15, 0.2) is 60.3 Å². The number of carbonyl (C=O) groups excluding carboxylic acids is 2. The molecule has 37 heavy (non-hydrogen) atoms. The lowest BCUT2D eigenvalue weighted by atomic mass is 10.0. The van der Waals surface area contributed by atoms with Crippen molar-refractivity contribution in [2.24, 2.45) is 0 Å². The van der Waals surface area contributed by atoms with Gasteiger partial charge in [-0.25, -0.2) is 4.79 Å². The molecule has 1 amide bonds. The molecule has 0 saturated heterocycles. The van der Waals surface area contributed by atoms with Gasteiger partial charge in [0.15, 0.2) is 11.0 Å². The number of anilines is 1. The minimum Gasteiger partial charge on any atom is -0.485 e. The van der Waals surface area contributed by atoms with Crippen molar-refractivity contribution in [1.82, 2.24) is 14.8 Å². The number of ether oxygens (including phenoxy) is 2. The summed E-state index contributed by atoms with van der Waals surface area (Å²) >= 11 is 1.27. The summed E-state index contributed by atoms with van der Waals surface area (Å²) in [6, 6.07) is 12.9. The largest absolute Gasteiger partial charge is 0.485 e. The van der Waals surface area contributed by atoms with E-state index in [4.69, 9.17) is 9.47 Å². The summed E-state index contributed by atoms with van der Waals surface area (Å²) in [7, 11) is 0.